The van der Waals surface area contributed by atoms with Gasteiger partial charge in [-0.05, 0) is 25.0 Å². The molecule has 0 aliphatic heterocycles. The Balaban J connectivity index is 2.16. The summed E-state index contributed by atoms with van der Waals surface area (Å²) in [4.78, 5) is 14.3. The van der Waals surface area contributed by atoms with Crippen molar-refractivity contribution in [3.63, 3.8) is 0 Å². The molecule has 0 atom stereocenters. The lowest BCUT2D eigenvalue weighted by Gasteiger charge is -2.22. The fourth-order valence-corrected chi connectivity index (χ4v) is 2.00. The van der Waals surface area contributed by atoms with E-state index in [0.717, 1.165) is 25.0 Å². The molecule has 19 heavy (non-hydrogen) atoms. The average Bonchev–Trinajstić information content (AvgIpc) is 3.13. The van der Waals surface area contributed by atoms with E-state index in [4.69, 9.17) is 18.0 Å². The molecule has 0 unspecified atom stereocenters. The number of hydrogen-bond donors (Lipinski definition) is 2. The Kier molecular flexibility index (Phi) is 3.99. The molecule has 1 amide bonds. The van der Waals surface area contributed by atoms with Gasteiger partial charge in [-0.3, -0.25) is 4.79 Å². The van der Waals surface area contributed by atoms with Crippen LogP contribution in [-0.4, -0.2) is 33.5 Å². The van der Waals surface area contributed by atoms with Crippen LogP contribution in [0.1, 0.15) is 29.6 Å². The quantitative estimate of drug-likeness (QED) is 0.808. The number of benzene rings is 1. The van der Waals surface area contributed by atoms with Crippen LogP contribution in [0.2, 0.25) is 0 Å². The van der Waals surface area contributed by atoms with E-state index in [1.807, 2.05) is 0 Å². The minimum atomic E-state index is -0.574. The van der Waals surface area contributed by atoms with Crippen LogP contribution >= 0.6 is 12.2 Å². The number of nitrogens with two attached hydrogens (primary N) is 1. The summed E-state index contributed by atoms with van der Waals surface area (Å²) in [6.45, 7) is 0.426. The molecule has 1 aromatic rings. The van der Waals surface area contributed by atoms with E-state index in [-0.39, 0.29) is 23.3 Å². The number of phenols is 1. The minimum Gasteiger partial charge on any atom is -0.507 e. The Morgan fingerprint density at radius 3 is 2.74 bits per heavy atom. The topological polar surface area (TPSA) is 66.6 Å². The van der Waals surface area contributed by atoms with Gasteiger partial charge in [0.25, 0.3) is 5.91 Å². The van der Waals surface area contributed by atoms with Gasteiger partial charge in [0.05, 0.1) is 10.6 Å². The number of halogens is 1. The van der Waals surface area contributed by atoms with Crippen LogP contribution < -0.4 is 5.73 Å². The van der Waals surface area contributed by atoms with Crippen molar-refractivity contribution in [2.24, 2.45) is 5.73 Å². The van der Waals surface area contributed by atoms with E-state index in [0.29, 0.717) is 18.0 Å². The number of hydrogen-bond acceptors (Lipinski definition) is 3. The maximum absolute atomic E-state index is 12.9. The molecule has 1 aliphatic rings. The Hall–Kier alpha value is -1.69. The van der Waals surface area contributed by atoms with Gasteiger partial charge in [0, 0.05) is 25.1 Å². The standard InChI is InChI=1S/C13H15FN2O2S/c14-8-1-4-10(11(17)7-8)13(18)16(9-2-3-9)6-5-12(15)19/h1,4,7,9,17H,2-3,5-6H2,(H2,15,19). The van der Waals surface area contributed by atoms with Crippen LogP contribution in [0.15, 0.2) is 18.2 Å². The highest BCUT2D eigenvalue weighted by Gasteiger charge is 2.33. The van der Waals surface area contributed by atoms with Crippen molar-refractivity contribution in [1.82, 2.24) is 4.90 Å². The zero-order valence-corrected chi connectivity index (χ0v) is 11.1. The molecular formula is C13H15FN2O2S. The van der Waals surface area contributed by atoms with Gasteiger partial charge < -0.3 is 15.7 Å². The van der Waals surface area contributed by atoms with E-state index in [2.05, 4.69) is 0 Å². The third-order valence-electron chi connectivity index (χ3n) is 3.04. The van der Waals surface area contributed by atoms with Gasteiger partial charge in [0.2, 0.25) is 0 Å². The molecule has 0 radical (unpaired) electrons. The highest BCUT2D eigenvalue weighted by atomic mass is 32.1. The molecule has 0 heterocycles. The molecule has 1 fully saturated rings. The van der Waals surface area contributed by atoms with Gasteiger partial charge in [-0.2, -0.15) is 0 Å². The molecule has 1 aliphatic carbocycles. The zero-order valence-electron chi connectivity index (χ0n) is 10.3. The molecule has 3 N–H and O–H groups in total. The first-order valence-corrected chi connectivity index (χ1v) is 6.47. The van der Waals surface area contributed by atoms with Crippen LogP contribution in [0.5, 0.6) is 5.75 Å². The molecule has 0 saturated heterocycles. The molecule has 6 heteroatoms. The highest BCUT2D eigenvalue weighted by Crippen LogP contribution is 2.30. The second kappa shape index (κ2) is 5.52. The van der Waals surface area contributed by atoms with Crippen LogP contribution in [0, 0.1) is 5.82 Å². The van der Waals surface area contributed by atoms with Crippen molar-refractivity contribution in [1.29, 1.82) is 0 Å². The second-order valence-corrected chi connectivity index (χ2v) is 5.13. The number of amides is 1. The summed E-state index contributed by atoms with van der Waals surface area (Å²) in [6, 6.07) is 3.56. The summed E-state index contributed by atoms with van der Waals surface area (Å²) in [5, 5.41) is 9.65. The SMILES string of the molecule is NC(=S)CCN(C(=O)c1ccc(F)cc1O)C1CC1. The first kappa shape index (κ1) is 13.7. The Bertz CT molecular complexity index is 517. The van der Waals surface area contributed by atoms with Gasteiger partial charge in [0.1, 0.15) is 11.6 Å². The third-order valence-corrected chi connectivity index (χ3v) is 3.24. The van der Waals surface area contributed by atoms with Crippen LogP contribution in [-0.2, 0) is 0 Å². The molecule has 0 spiro atoms. The molecule has 1 aromatic carbocycles. The number of thiocarbonyl (C=S) groups is 1. The van der Waals surface area contributed by atoms with Crippen molar-refractivity contribution in [2.45, 2.75) is 25.3 Å². The first-order valence-electron chi connectivity index (χ1n) is 6.07. The van der Waals surface area contributed by atoms with E-state index >= 15 is 0 Å². The predicted molar refractivity (Wildman–Crippen MR) is 73.5 cm³/mol. The Morgan fingerprint density at radius 2 is 2.21 bits per heavy atom. The number of carbonyl (C=O) groups is 1. The Morgan fingerprint density at radius 1 is 1.53 bits per heavy atom. The summed E-state index contributed by atoms with van der Waals surface area (Å²) >= 11 is 4.81. The van der Waals surface area contributed by atoms with Crippen molar-refractivity contribution in [3.8, 4) is 5.75 Å². The smallest absolute Gasteiger partial charge is 0.257 e. The van der Waals surface area contributed by atoms with Crippen LogP contribution in [0.25, 0.3) is 0 Å². The van der Waals surface area contributed by atoms with Crippen molar-refractivity contribution < 1.29 is 14.3 Å². The average molecular weight is 282 g/mol. The molecule has 102 valence electrons. The van der Waals surface area contributed by atoms with Crippen molar-refractivity contribution >= 4 is 23.1 Å². The predicted octanol–water partition coefficient (Wildman–Crippen LogP) is 1.81. The minimum absolute atomic E-state index is 0.108. The number of carbonyl (C=O) groups excluding carboxylic acids is 1. The second-order valence-electron chi connectivity index (χ2n) is 4.61. The van der Waals surface area contributed by atoms with Gasteiger partial charge in [-0.1, -0.05) is 12.2 Å². The lowest BCUT2D eigenvalue weighted by atomic mass is 10.1. The van der Waals surface area contributed by atoms with E-state index < -0.39 is 5.82 Å². The van der Waals surface area contributed by atoms with Gasteiger partial charge >= 0.3 is 0 Å². The fraction of sp³-hybridized carbons (Fsp3) is 0.385. The number of nitrogens with zero attached hydrogens (tertiary/aromatic N) is 1. The highest BCUT2D eigenvalue weighted by molar-refractivity contribution is 7.80. The summed E-state index contributed by atoms with van der Waals surface area (Å²) in [5.74, 6) is -1.22. The van der Waals surface area contributed by atoms with E-state index in [1.54, 1.807) is 4.90 Å². The van der Waals surface area contributed by atoms with Crippen molar-refractivity contribution in [2.75, 3.05) is 6.54 Å². The molecule has 0 aromatic heterocycles. The molecular weight excluding hydrogens is 267 g/mol. The Labute approximate surface area is 116 Å². The zero-order chi connectivity index (χ0) is 14.0. The summed E-state index contributed by atoms with van der Waals surface area (Å²) in [7, 11) is 0. The number of rotatable bonds is 5. The van der Waals surface area contributed by atoms with Crippen molar-refractivity contribution in [3.05, 3.63) is 29.6 Å². The summed E-state index contributed by atoms with van der Waals surface area (Å²) in [6.07, 6.45) is 2.32. The third kappa shape index (κ3) is 3.41. The lowest BCUT2D eigenvalue weighted by molar-refractivity contribution is 0.0745. The maximum atomic E-state index is 12.9. The first-order chi connectivity index (χ1) is 8.99. The number of phenolic OH excluding ortho intramolecular Hbond substituents is 1. The van der Waals surface area contributed by atoms with Gasteiger partial charge in [-0.15, -0.1) is 0 Å². The lowest BCUT2D eigenvalue weighted by Crippen LogP contribution is -2.35. The maximum Gasteiger partial charge on any atom is 0.257 e. The van der Waals surface area contributed by atoms with E-state index in [1.165, 1.54) is 6.07 Å². The van der Waals surface area contributed by atoms with Crippen LogP contribution in [0.3, 0.4) is 0 Å². The monoisotopic (exact) mass is 282 g/mol. The summed E-state index contributed by atoms with van der Waals surface area (Å²) in [5.41, 5.74) is 5.55. The number of aromatic hydroxyl groups is 1. The molecule has 0 bridgehead atoms. The normalized spacial score (nSPS) is 14.2. The fourth-order valence-electron chi connectivity index (χ4n) is 1.91. The van der Waals surface area contributed by atoms with Gasteiger partial charge in [-0.25, -0.2) is 4.39 Å². The van der Waals surface area contributed by atoms with Gasteiger partial charge in [0.15, 0.2) is 0 Å². The molecule has 1 saturated carbocycles. The molecule has 2 rings (SSSR count). The summed E-state index contributed by atoms with van der Waals surface area (Å²) < 4.78 is 12.9. The molecule has 4 nitrogen and oxygen atoms in total. The van der Waals surface area contributed by atoms with E-state index in [9.17, 15) is 14.3 Å². The van der Waals surface area contributed by atoms with Crippen LogP contribution in [0.4, 0.5) is 4.39 Å². The largest absolute Gasteiger partial charge is 0.507 e.